The molecule has 0 bridgehead atoms. The first kappa shape index (κ1) is 29.4. The normalized spacial score (nSPS) is 10.7. The Balaban J connectivity index is 0. The number of amides is 1. The highest BCUT2D eigenvalue weighted by molar-refractivity contribution is 6.38. The third kappa shape index (κ3) is 8.49. The first-order chi connectivity index (χ1) is 14.5. The second-order valence-corrected chi connectivity index (χ2v) is 7.57. The highest BCUT2D eigenvalue weighted by Crippen LogP contribution is 2.40. The maximum absolute atomic E-state index is 12.3. The molecular weight excluding hydrogens is 479 g/mol. The van der Waals surface area contributed by atoms with E-state index >= 15 is 0 Å². The summed E-state index contributed by atoms with van der Waals surface area (Å²) >= 11 is 11.4. The first-order valence-electron chi connectivity index (χ1n) is 9.32. The average molecular weight is 508 g/mol. The number of aromatic hydroxyl groups is 2. The van der Waals surface area contributed by atoms with Gasteiger partial charge in [-0.2, -0.15) is 0 Å². The molecule has 0 heterocycles. The molecule has 0 aliphatic rings. The number of phenolic OH excluding ortho intramolecular Hbond substituents is 2. The van der Waals surface area contributed by atoms with Gasteiger partial charge in [0.15, 0.2) is 11.5 Å². The summed E-state index contributed by atoms with van der Waals surface area (Å²) in [5, 5.41) is 30.2. The predicted molar refractivity (Wildman–Crippen MR) is 131 cm³/mol. The summed E-state index contributed by atoms with van der Waals surface area (Å²) in [7, 11) is 4.01. The van der Waals surface area contributed by atoms with Crippen molar-refractivity contribution in [2.75, 3.05) is 14.1 Å². The zero-order chi connectivity index (χ0) is 23.7. The van der Waals surface area contributed by atoms with Crippen LogP contribution in [0.5, 0.6) is 11.5 Å². The van der Waals surface area contributed by atoms with Crippen molar-refractivity contribution in [3.05, 3.63) is 69.8 Å². The fourth-order valence-electron chi connectivity index (χ4n) is 2.37. The summed E-state index contributed by atoms with van der Waals surface area (Å²) in [6.45, 7) is 5.90. The number of rotatable bonds is 7. The molecule has 2 rings (SSSR count). The van der Waals surface area contributed by atoms with E-state index in [1.165, 1.54) is 5.70 Å². The molecular formula is C22H29Cl3N2O5. The Morgan fingerprint density at radius 2 is 1.72 bits per heavy atom. The first-order valence-corrected chi connectivity index (χ1v) is 10.1. The molecule has 10 heteroatoms. The Morgan fingerprint density at radius 3 is 2.16 bits per heavy atom. The fourth-order valence-corrected chi connectivity index (χ4v) is 2.83. The average Bonchev–Trinajstić information content (AvgIpc) is 2.74. The molecule has 0 aliphatic heterocycles. The predicted octanol–water partition coefficient (Wildman–Crippen LogP) is 4.97. The lowest BCUT2D eigenvalue weighted by Crippen LogP contribution is -2.42. The molecule has 1 amide bonds. The number of carbonyl (C=O) groups excluding carboxylic acids is 1. The van der Waals surface area contributed by atoms with Crippen molar-refractivity contribution in [2.45, 2.75) is 25.8 Å². The lowest BCUT2D eigenvalue weighted by Gasteiger charge is -2.16. The summed E-state index contributed by atoms with van der Waals surface area (Å²) < 4.78 is 0. The van der Waals surface area contributed by atoms with Crippen molar-refractivity contribution in [1.29, 1.82) is 0 Å². The van der Waals surface area contributed by atoms with Gasteiger partial charge in [0.2, 0.25) is 0 Å². The maximum atomic E-state index is 12.3. The van der Waals surface area contributed by atoms with Crippen LogP contribution in [0.1, 0.15) is 30.7 Å². The minimum Gasteiger partial charge on any atom is -0.505 e. The summed E-state index contributed by atoms with van der Waals surface area (Å²) in [4.78, 5) is 25.7. The SMILES string of the molecule is C=C(CC)N(C)C.Cl.O=C(N[C@@H](Cc1ccccc1)C(=O)O)c1cc(Cl)c(O)c(Cl)c1O.[HH]. The third-order valence-electron chi connectivity index (χ3n) is 4.34. The smallest absolute Gasteiger partial charge is 0.326 e. The van der Waals surface area contributed by atoms with Gasteiger partial charge in [-0.25, -0.2) is 4.79 Å². The quantitative estimate of drug-likeness (QED) is 0.421. The van der Waals surface area contributed by atoms with Crippen LogP contribution < -0.4 is 5.32 Å². The van der Waals surface area contributed by atoms with Crippen LogP contribution in [0.4, 0.5) is 0 Å². The van der Waals surface area contributed by atoms with Crippen LogP contribution >= 0.6 is 35.6 Å². The van der Waals surface area contributed by atoms with Crippen molar-refractivity contribution >= 4 is 47.5 Å². The summed E-state index contributed by atoms with van der Waals surface area (Å²) in [6.07, 6.45) is 1.11. The summed E-state index contributed by atoms with van der Waals surface area (Å²) in [5.41, 5.74) is 1.57. The van der Waals surface area contributed by atoms with E-state index in [9.17, 15) is 24.9 Å². The largest absolute Gasteiger partial charge is 0.505 e. The van der Waals surface area contributed by atoms with Gasteiger partial charge in [-0.3, -0.25) is 4.79 Å². The molecule has 32 heavy (non-hydrogen) atoms. The van der Waals surface area contributed by atoms with Gasteiger partial charge < -0.3 is 25.5 Å². The van der Waals surface area contributed by atoms with E-state index in [1.54, 1.807) is 30.3 Å². The van der Waals surface area contributed by atoms with E-state index in [-0.39, 0.29) is 30.8 Å². The standard InChI is InChI=1S/C16H13Cl2NO5.C6H13N.ClH.H2/c17-10-7-9(13(20)12(18)14(10)21)15(22)19-11(16(23)24)6-8-4-2-1-3-5-8;1-5-6(2)7(3)4;;/h1-5,7,11,20-21H,6H2,(H,19,22)(H,23,24);2,5H2,1,3-4H3;2*1H/t11-;;;/m0.../s1. The number of carboxylic acid groups (broad SMARTS) is 1. The minimum atomic E-state index is -1.23. The number of carboxylic acids is 1. The molecule has 0 unspecified atom stereocenters. The number of carbonyl (C=O) groups is 2. The molecule has 0 aromatic heterocycles. The number of benzene rings is 2. The van der Waals surface area contributed by atoms with Gasteiger partial charge >= 0.3 is 5.97 Å². The van der Waals surface area contributed by atoms with Gasteiger partial charge in [0.05, 0.1) is 10.6 Å². The molecule has 2 aromatic rings. The Morgan fingerprint density at radius 1 is 1.16 bits per heavy atom. The molecule has 0 radical (unpaired) electrons. The van der Waals surface area contributed by atoms with Crippen molar-refractivity contribution in [2.24, 2.45) is 0 Å². The highest BCUT2D eigenvalue weighted by atomic mass is 35.5. The van der Waals surface area contributed by atoms with E-state index in [1.807, 2.05) is 19.0 Å². The molecule has 1 atom stereocenters. The van der Waals surface area contributed by atoms with Crippen LogP contribution in [0.25, 0.3) is 0 Å². The van der Waals surface area contributed by atoms with Crippen LogP contribution in [0.15, 0.2) is 48.7 Å². The zero-order valence-electron chi connectivity index (χ0n) is 17.9. The van der Waals surface area contributed by atoms with Gasteiger partial charge in [0, 0.05) is 27.6 Å². The number of phenols is 2. The molecule has 2 aromatic carbocycles. The molecule has 0 saturated carbocycles. The lowest BCUT2D eigenvalue weighted by atomic mass is 10.1. The number of hydrogen-bond donors (Lipinski definition) is 4. The van der Waals surface area contributed by atoms with E-state index in [0.717, 1.165) is 18.1 Å². The van der Waals surface area contributed by atoms with Crippen LogP contribution in [-0.4, -0.2) is 52.2 Å². The molecule has 0 fully saturated rings. The Hall–Kier alpha value is -2.61. The van der Waals surface area contributed by atoms with E-state index in [0.29, 0.717) is 0 Å². The van der Waals surface area contributed by atoms with Crippen LogP contribution in [0, 0.1) is 0 Å². The molecule has 178 valence electrons. The van der Waals surface area contributed by atoms with E-state index < -0.39 is 34.4 Å². The highest BCUT2D eigenvalue weighted by Gasteiger charge is 2.25. The van der Waals surface area contributed by atoms with Crippen molar-refractivity contribution < 1.29 is 26.3 Å². The van der Waals surface area contributed by atoms with Crippen molar-refractivity contribution in [3.8, 4) is 11.5 Å². The topological polar surface area (TPSA) is 110 Å². The third-order valence-corrected chi connectivity index (χ3v) is 4.99. The maximum Gasteiger partial charge on any atom is 0.326 e. The number of nitrogens with one attached hydrogen (secondary N) is 1. The number of hydrogen-bond acceptors (Lipinski definition) is 5. The van der Waals surface area contributed by atoms with Gasteiger partial charge in [-0.1, -0.05) is 67.0 Å². The van der Waals surface area contributed by atoms with Gasteiger partial charge in [0.25, 0.3) is 5.91 Å². The zero-order valence-corrected chi connectivity index (χ0v) is 20.3. The molecule has 0 aliphatic carbocycles. The Kier molecular flexibility index (Phi) is 12.6. The number of nitrogens with zero attached hydrogens (tertiary/aromatic N) is 1. The van der Waals surface area contributed by atoms with Crippen LogP contribution in [0.3, 0.4) is 0 Å². The second-order valence-electron chi connectivity index (χ2n) is 6.79. The summed E-state index contributed by atoms with van der Waals surface area (Å²) in [5.74, 6) is -3.35. The molecule has 0 spiro atoms. The van der Waals surface area contributed by atoms with E-state index in [2.05, 4.69) is 18.8 Å². The molecule has 7 nitrogen and oxygen atoms in total. The van der Waals surface area contributed by atoms with Crippen LogP contribution in [0.2, 0.25) is 10.0 Å². The number of aliphatic carboxylic acids is 1. The number of allylic oxidation sites excluding steroid dienone is 1. The molecule has 0 saturated heterocycles. The van der Waals surface area contributed by atoms with Gasteiger partial charge in [-0.05, 0) is 18.1 Å². The monoisotopic (exact) mass is 506 g/mol. The van der Waals surface area contributed by atoms with Crippen LogP contribution in [-0.2, 0) is 11.2 Å². The minimum absolute atomic E-state index is 0. The molecule has 4 N–H and O–H groups in total. The Labute approximate surface area is 205 Å². The van der Waals surface area contributed by atoms with Crippen molar-refractivity contribution in [1.82, 2.24) is 10.2 Å². The fraction of sp³-hybridized carbons (Fsp3) is 0.273. The van der Waals surface area contributed by atoms with E-state index in [4.69, 9.17) is 23.2 Å². The lowest BCUT2D eigenvalue weighted by molar-refractivity contribution is -0.139. The number of halogens is 3. The van der Waals surface area contributed by atoms with Crippen molar-refractivity contribution in [3.63, 3.8) is 0 Å². The second kappa shape index (κ2) is 13.7. The van der Waals surface area contributed by atoms with Gasteiger partial charge in [0.1, 0.15) is 11.1 Å². The Bertz CT molecular complexity index is 943. The summed E-state index contributed by atoms with van der Waals surface area (Å²) in [6, 6.07) is 8.54. The van der Waals surface area contributed by atoms with Gasteiger partial charge in [-0.15, -0.1) is 12.4 Å².